The van der Waals surface area contributed by atoms with Crippen LogP contribution >= 0.6 is 0 Å². The average Bonchev–Trinajstić information content (AvgIpc) is 3.02. The summed E-state index contributed by atoms with van der Waals surface area (Å²) in [6.45, 7) is 6.32. The molecule has 0 aliphatic carbocycles. The van der Waals surface area contributed by atoms with E-state index in [0.29, 0.717) is 19.3 Å². The van der Waals surface area contributed by atoms with Crippen molar-refractivity contribution >= 4 is 17.9 Å². The minimum atomic E-state index is -0.767. The van der Waals surface area contributed by atoms with E-state index in [4.69, 9.17) is 14.2 Å². The second kappa shape index (κ2) is 33.5. The molecule has 0 fully saturated rings. The van der Waals surface area contributed by atoms with Gasteiger partial charge in [-0.05, 0) is 51.4 Å². The zero-order chi connectivity index (χ0) is 32.4. The summed E-state index contributed by atoms with van der Waals surface area (Å²) in [6, 6.07) is 0. The van der Waals surface area contributed by atoms with Crippen molar-refractivity contribution in [1.29, 1.82) is 0 Å². The first-order valence-corrected chi connectivity index (χ1v) is 18.0. The summed E-state index contributed by atoms with van der Waals surface area (Å²) >= 11 is 0. The van der Waals surface area contributed by atoms with Crippen LogP contribution in [0.3, 0.4) is 0 Å². The van der Waals surface area contributed by atoms with E-state index in [1.54, 1.807) is 0 Å². The fourth-order valence-electron chi connectivity index (χ4n) is 4.69. The van der Waals surface area contributed by atoms with E-state index in [2.05, 4.69) is 57.2 Å². The van der Waals surface area contributed by atoms with Crippen LogP contribution in [-0.4, -0.2) is 37.2 Å². The fourth-order valence-corrected chi connectivity index (χ4v) is 4.69. The molecule has 0 aromatic carbocycles. The Morgan fingerprint density at radius 2 is 0.886 bits per heavy atom. The standard InChI is InChI=1S/C38H66O6/c1-4-7-10-13-15-16-17-18-19-20-21-22-23-26-28-31-37(40)43-34-35(33-42-36(39)30-27-24-12-9-6-3)44-38(41)32-29-25-14-11-8-5-2/h7,10,15-16,18-19,35H,4-6,8-9,11-14,17,20-34H2,1-3H3/b10-7-,16-15-,19-18-. The smallest absolute Gasteiger partial charge is 0.306 e. The van der Waals surface area contributed by atoms with Gasteiger partial charge >= 0.3 is 17.9 Å². The lowest BCUT2D eigenvalue weighted by Crippen LogP contribution is -2.30. The van der Waals surface area contributed by atoms with E-state index < -0.39 is 6.10 Å². The summed E-state index contributed by atoms with van der Waals surface area (Å²) in [5.74, 6) is -0.929. The first-order chi connectivity index (χ1) is 21.5. The molecule has 0 spiro atoms. The predicted octanol–water partition coefficient (Wildman–Crippen LogP) is 10.7. The van der Waals surface area contributed by atoms with Crippen molar-refractivity contribution in [2.24, 2.45) is 0 Å². The number of hydrogen-bond acceptors (Lipinski definition) is 6. The molecule has 0 amide bonds. The van der Waals surface area contributed by atoms with E-state index in [1.165, 1.54) is 25.7 Å². The molecular weight excluding hydrogens is 552 g/mol. The molecular formula is C38H66O6. The molecule has 0 aromatic rings. The van der Waals surface area contributed by atoms with Gasteiger partial charge in [0, 0.05) is 19.3 Å². The van der Waals surface area contributed by atoms with Crippen molar-refractivity contribution in [3.05, 3.63) is 36.5 Å². The van der Waals surface area contributed by atoms with E-state index in [0.717, 1.165) is 103 Å². The average molecular weight is 619 g/mol. The van der Waals surface area contributed by atoms with Crippen molar-refractivity contribution in [2.75, 3.05) is 13.2 Å². The Morgan fingerprint density at radius 3 is 1.39 bits per heavy atom. The third-order valence-electron chi connectivity index (χ3n) is 7.41. The van der Waals surface area contributed by atoms with Gasteiger partial charge in [-0.25, -0.2) is 0 Å². The van der Waals surface area contributed by atoms with Gasteiger partial charge < -0.3 is 14.2 Å². The molecule has 6 nitrogen and oxygen atoms in total. The number of carbonyl (C=O) groups excluding carboxylic acids is 3. The number of allylic oxidation sites excluding steroid dienone is 6. The molecule has 0 N–H and O–H groups in total. The molecule has 0 aliphatic heterocycles. The largest absolute Gasteiger partial charge is 0.462 e. The Bertz CT molecular complexity index is 769. The minimum absolute atomic E-state index is 0.0790. The van der Waals surface area contributed by atoms with Gasteiger partial charge in [0.15, 0.2) is 6.10 Å². The number of esters is 3. The maximum absolute atomic E-state index is 12.4. The van der Waals surface area contributed by atoms with Crippen molar-refractivity contribution in [2.45, 2.75) is 175 Å². The Hall–Kier alpha value is -2.37. The molecule has 0 radical (unpaired) electrons. The SMILES string of the molecule is CC/C=C\C/C=C\C/C=C\CCCCCCCC(=O)OCC(COC(=O)CCCCCCC)OC(=O)CCCCCCCC. The quantitative estimate of drug-likeness (QED) is 0.0333. The molecule has 6 heteroatoms. The van der Waals surface area contributed by atoms with Crippen LogP contribution in [0.5, 0.6) is 0 Å². The summed E-state index contributed by atoms with van der Waals surface area (Å²) in [6.07, 6.45) is 34.6. The van der Waals surface area contributed by atoms with Crippen molar-refractivity contribution in [1.82, 2.24) is 0 Å². The molecule has 254 valence electrons. The lowest BCUT2D eigenvalue weighted by atomic mass is 10.1. The van der Waals surface area contributed by atoms with Crippen molar-refractivity contribution < 1.29 is 28.6 Å². The highest BCUT2D eigenvalue weighted by Gasteiger charge is 2.19. The highest BCUT2D eigenvalue weighted by molar-refractivity contribution is 5.71. The highest BCUT2D eigenvalue weighted by Crippen LogP contribution is 2.12. The Kier molecular flexibility index (Phi) is 31.7. The van der Waals surface area contributed by atoms with Gasteiger partial charge in [-0.15, -0.1) is 0 Å². The van der Waals surface area contributed by atoms with Crippen LogP contribution in [-0.2, 0) is 28.6 Å². The zero-order valence-corrected chi connectivity index (χ0v) is 28.7. The van der Waals surface area contributed by atoms with Crippen molar-refractivity contribution in [3.63, 3.8) is 0 Å². The topological polar surface area (TPSA) is 78.9 Å². The van der Waals surface area contributed by atoms with Gasteiger partial charge in [0.25, 0.3) is 0 Å². The van der Waals surface area contributed by atoms with E-state index in [1.807, 2.05) is 0 Å². The minimum Gasteiger partial charge on any atom is -0.462 e. The zero-order valence-electron chi connectivity index (χ0n) is 28.7. The third kappa shape index (κ3) is 31.1. The van der Waals surface area contributed by atoms with Crippen LogP contribution in [0, 0.1) is 0 Å². The lowest BCUT2D eigenvalue weighted by molar-refractivity contribution is -0.167. The molecule has 0 bridgehead atoms. The van der Waals surface area contributed by atoms with Crippen LogP contribution in [0.1, 0.15) is 168 Å². The number of unbranched alkanes of at least 4 members (excludes halogenated alkanes) is 14. The second-order valence-electron chi connectivity index (χ2n) is 11.8. The molecule has 1 unspecified atom stereocenters. The number of carbonyl (C=O) groups is 3. The summed E-state index contributed by atoms with van der Waals surface area (Å²) < 4.78 is 16.4. The molecule has 44 heavy (non-hydrogen) atoms. The van der Waals surface area contributed by atoms with E-state index in [9.17, 15) is 14.4 Å². The van der Waals surface area contributed by atoms with E-state index in [-0.39, 0.29) is 31.1 Å². The van der Waals surface area contributed by atoms with Gasteiger partial charge in [-0.3, -0.25) is 14.4 Å². The van der Waals surface area contributed by atoms with E-state index >= 15 is 0 Å². The highest BCUT2D eigenvalue weighted by atomic mass is 16.6. The van der Waals surface area contributed by atoms with Gasteiger partial charge in [0.1, 0.15) is 13.2 Å². The molecule has 0 heterocycles. The maximum Gasteiger partial charge on any atom is 0.306 e. The Balaban J connectivity index is 4.24. The normalized spacial score (nSPS) is 12.3. The van der Waals surface area contributed by atoms with Crippen LogP contribution in [0.4, 0.5) is 0 Å². The Morgan fingerprint density at radius 1 is 0.477 bits per heavy atom. The summed E-state index contributed by atoms with van der Waals surface area (Å²) in [7, 11) is 0. The molecule has 0 saturated carbocycles. The molecule has 0 aromatic heterocycles. The Labute approximate surface area is 270 Å². The molecule has 1 atom stereocenters. The number of hydrogen-bond donors (Lipinski definition) is 0. The first-order valence-electron chi connectivity index (χ1n) is 18.0. The van der Waals surface area contributed by atoms with Gasteiger partial charge in [0.05, 0.1) is 0 Å². The molecule has 0 rings (SSSR count). The maximum atomic E-state index is 12.4. The number of rotatable bonds is 31. The summed E-state index contributed by atoms with van der Waals surface area (Å²) in [5.41, 5.74) is 0. The molecule has 0 aliphatic rings. The second-order valence-corrected chi connectivity index (χ2v) is 11.8. The van der Waals surface area contributed by atoms with Crippen molar-refractivity contribution in [3.8, 4) is 0 Å². The first kappa shape index (κ1) is 41.6. The van der Waals surface area contributed by atoms with Crippen LogP contribution in [0.2, 0.25) is 0 Å². The third-order valence-corrected chi connectivity index (χ3v) is 7.41. The van der Waals surface area contributed by atoms with Crippen LogP contribution in [0.25, 0.3) is 0 Å². The monoisotopic (exact) mass is 618 g/mol. The predicted molar refractivity (Wildman–Crippen MR) is 182 cm³/mol. The number of ether oxygens (including phenoxy) is 3. The van der Waals surface area contributed by atoms with Crippen LogP contribution < -0.4 is 0 Å². The summed E-state index contributed by atoms with van der Waals surface area (Å²) in [4.78, 5) is 37.0. The van der Waals surface area contributed by atoms with Gasteiger partial charge in [-0.2, -0.15) is 0 Å². The lowest BCUT2D eigenvalue weighted by Gasteiger charge is -2.18. The van der Waals surface area contributed by atoms with Gasteiger partial charge in [0.2, 0.25) is 0 Å². The van der Waals surface area contributed by atoms with Gasteiger partial charge in [-0.1, -0.05) is 134 Å². The van der Waals surface area contributed by atoms with Crippen LogP contribution in [0.15, 0.2) is 36.5 Å². The fraction of sp³-hybridized carbons (Fsp3) is 0.763. The summed E-state index contributed by atoms with van der Waals surface area (Å²) in [5, 5.41) is 0. The molecule has 0 saturated heterocycles.